The van der Waals surface area contributed by atoms with Crippen LogP contribution in [0.2, 0.25) is 0 Å². The van der Waals surface area contributed by atoms with Gasteiger partial charge in [0.05, 0.1) is 5.52 Å². The van der Waals surface area contributed by atoms with Crippen molar-refractivity contribution in [1.29, 1.82) is 0 Å². The first kappa shape index (κ1) is 12.9. The van der Waals surface area contributed by atoms with Gasteiger partial charge in [0.15, 0.2) is 5.69 Å². The van der Waals surface area contributed by atoms with Gasteiger partial charge in [-0.25, -0.2) is 9.78 Å². The lowest BCUT2D eigenvalue weighted by Crippen LogP contribution is -2.31. The molecule has 4 heteroatoms. The number of pyridine rings is 1. The SMILES string of the molecule is CC1(Nc2cc(C(=O)O)nc3ccccc23)CCCC1. The molecule has 0 aliphatic heterocycles. The predicted octanol–water partition coefficient (Wildman–Crippen LogP) is 3.68. The van der Waals surface area contributed by atoms with Gasteiger partial charge in [0.1, 0.15) is 0 Å². The zero-order chi connectivity index (χ0) is 14.2. The van der Waals surface area contributed by atoms with E-state index in [1.54, 1.807) is 6.07 Å². The van der Waals surface area contributed by atoms with Crippen LogP contribution in [0, 0.1) is 0 Å². The van der Waals surface area contributed by atoms with E-state index in [-0.39, 0.29) is 11.2 Å². The molecule has 0 spiro atoms. The maximum Gasteiger partial charge on any atom is 0.354 e. The van der Waals surface area contributed by atoms with Crippen LogP contribution in [-0.2, 0) is 0 Å². The maximum atomic E-state index is 11.2. The summed E-state index contributed by atoms with van der Waals surface area (Å²) in [6.45, 7) is 2.20. The number of aromatic nitrogens is 1. The first-order chi connectivity index (χ1) is 9.57. The van der Waals surface area contributed by atoms with E-state index in [0.717, 1.165) is 29.4 Å². The van der Waals surface area contributed by atoms with Gasteiger partial charge >= 0.3 is 5.97 Å². The summed E-state index contributed by atoms with van der Waals surface area (Å²) in [6, 6.07) is 9.31. The molecule has 1 aromatic heterocycles. The van der Waals surface area contributed by atoms with Crippen molar-refractivity contribution in [2.45, 2.75) is 38.1 Å². The third-order valence-electron chi connectivity index (χ3n) is 4.08. The number of carboxylic acid groups (broad SMARTS) is 1. The molecule has 0 bridgehead atoms. The fourth-order valence-corrected chi connectivity index (χ4v) is 2.99. The highest BCUT2D eigenvalue weighted by Gasteiger charge is 2.29. The Bertz CT molecular complexity index is 661. The van der Waals surface area contributed by atoms with E-state index in [2.05, 4.69) is 17.2 Å². The smallest absolute Gasteiger partial charge is 0.354 e. The molecule has 0 radical (unpaired) electrons. The normalized spacial score (nSPS) is 17.2. The Morgan fingerprint density at radius 2 is 2.00 bits per heavy atom. The minimum atomic E-state index is -0.990. The third-order valence-corrected chi connectivity index (χ3v) is 4.08. The third kappa shape index (κ3) is 2.33. The Morgan fingerprint density at radius 1 is 1.30 bits per heavy atom. The zero-order valence-corrected chi connectivity index (χ0v) is 11.5. The van der Waals surface area contributed by atoms with Crippen molar-refractivity contribution in [2.24, 2.45) is 0 Å². The second-order valence-electron chi connectivity index (χ2n) is 5.77. The summed E-state index contributed by atoms with van der Waals surface area (Å²) < 4.78 is 0. The lowest BCUT2D eigenvalue weighted by atomic mass is 9.99. The van der Waals surface area contributed by atoms with Crippen LogP contribution in [0.4, 0.5) is 5.69 Å². The number of benzene rings is 1. The first-order valence-corrected chi connectivity index (χ1v) is 6.99. The van der Waals surface area contributed by atoms with Gasteiger partial charge in [-0.15, -0.1) is 0 Å². The maximum absolute atomic E-state index is 11.2. The van der Waals surface area contributed by atoms with Gasteiger partial charge in [0.25, 0.3) is 0 Å². The van der Waals surface area contributed by atoms with Crippen molar-refractivity contribution in [3.8, 4) is 0 Å². The van der Waals surface area contributed by atoms with E-state index in [1.165, 1.54) is 12.8 Å². The average molecular weight is 270 g/mol. The number of fused-ring (bicyclic) bond motifs is 1. The van der Waals surface area contributed by atoms with E-state index < -0.39 is 5.97 Å². The van der Waals surface area contributed by atoms with E-state index >= 15 is 0 Å². The Morgan fingerprint density at radius 3 is 2.70 bits per heavy atom. The molecular weight excluding hydrogens is 252 g/mol. The Kier molecular flexibility index (Phi) is 3.08. The van der Waals surface area contributed by atoms with E-state index in [0.29, 0.717) is 0 Å². The van der Waals surface area contributed by atoms with Crippen molar-refractivity contribution in [3.63, 3.8) is 0 Å². The number of carbonyl (C=O) groups is 1. The minimum absolute atomic E-state index is 0.0555. The Labute approximate surface area is 117 Å². The molecule has 0 atom stereocenters. The van der Waals surface area contributed by atoms with Gasteiger partial charge in [-0.2, -0.15) is 0 Å². The highest BCUT2D eigenvalue weighted by atomic mass is 16.4. The van der Waals surface area contributed by atoms with Crippen molar-refractivity contribution in [1.82, 2.24) is 4.98 Å². The van der Waals surface area contributed by atoms with Gasteiger partial charge < -0.3 is 10.4 Å². The van der Waals surface area contributed by atoms with Crippen LogP contribution >= 0.6 is 0 Å². The molecule has 4 nitrogen and oxygen atoms in total. The number of anilines is 1. The minimum Gasteiger partial charge on any atom is -0.477 e. The van der Waals surface area contributed by atoms with Crippen molar-refractivity contribution in [2.75, 3.05) is 5.32 Å². The number of nitrogens with zero attached hydrogens (tertiary/aromatic N) is 1. The summed E-state index contributed by atoms with van der Waals surface area (Å²) >= 11 is 0. The summed E-state index contributed by atoms with van der Waals surface area (Å²) in [4.78, 5) is 15.4. The van der Waals surface area contributed by atoms with Crippen LogP contribution < -0.4 is 5.32 Å². The average Bonchev–Trinajstić information content (AvgIpc) is 2.85. The number of hydrogen-bond acceptors (Lipinski definition) is 3. The van der Waals surface area contributed by atoms with Crippen LogP contribution in [0.3, 0.4) is 0 Å². The number of hydrogen-bond donors (Lipinski definition) is 2. The second kappa shape index (κ2) is 4.78. The fourth-order valence-electron chi connectivity index (χ4n) is 2.99. The molecule has 3 rings (SSSR count). The molecule has 0 unspecified atom stereocenters. The molecule has 1 fully saturated rings. The first-order valence-electron chi connectivity index (χ1n) is 6.99. The molecular formula is C16H18N2O2. The largest absolute Gasteiger partial charge is 0.477 e. The van der Waals surface area contributed by atoms with E-state index in [9.17, 15) is 9.90 Å². The standard InChI is InChI=1S/C16H18N2O2/c1-16(8-4-5-9-16)18-13-10-14(15(19)20)17-12-7-3-2-6-11(12)13/h2-3,6-7,10H,4-5,8-9H2,1H3,(H,17,18)(H,19,20). The van der Waals surface area contributed by atoms with Crippen LogP contribution in [-0.4, -0.2) is 21.6 Å². The topological polar surface area (TPSA) is 62.2 Å². The highest BCUT2D eigenvalue weighted by Crippen LogP contribution is 2.35. The van der Waals surface area contributed by atoms with Gasteiger partial charge in [-0.3, -0.25) is 0 Å². The fraction of sp³-hybridized carbons (Fsp3) is 0.375. The summed E-state index contributed by atoms with van der Waals surface area (Å²) in [6.07, 6.45) is 4.68. The van der Waals surface area contributed by atoms with Crippen LogP contribution in [0.15, 0.2) is 30.3 Å². The summed E-state index contributed by atoms with van der Waals surface area (Å²) in [5, 5.41) is 13.7. The summed E-state index contributed by atoms with van der Waals surface area (Å²) in [5.41, 5.74) is 1.74. The lowest BCUT2D eigenvalue weighted by molar-refractivity contribution is 0.0691. The molecule has 1 heterocycles. The number of aromatic carboxylic acids is 1. The molecule has 1 aliphatic rings. The van der Waals surface area contributed by atoms with Crippen molar-refractivity contribution in [3.05, 3.63) is 36.0 Å². The number of rotatable bonds is 3. The van der Waals surface area contributed by atoms with Crippen LogP contribution in [0.5, 0.6) is 0 Å². The molecule has 2 N–H and O–H groups in total. The Hall–Kier alpha value is -2.10. The van der Waals surface area contributed by atoms with Crippen LogP contribution in [0.1, 0.15) is 43.1 Å². The monoisotopic (exact) mass is 270 g/mol. The highest BCUT2D eigenvalue weighted by molar-refractivity contribution is 5.97. The van der Waals surface area contributed by atoms with Gasteiger partial charge in [-0.1, -0.05) is 31.0 Å². The number of carboxylic acids is 1. The number of nitrogens with one attached hydrogen (secondary N) is 1. The van der Waals surface area contributed by atoms with Gasteiger partial charge in [-0.05, 0) is 31.9 Å². The molecule has 1 aliphatic carbocycles. The molecule has 1 saturated carbocycles. The van der Waals surface area contributed by atoms with Crippen molar-refractivity contribution >= 4 is 22.6 Å². The quantitative estimate of drug-likeness (QED) is 0.893. The van der Waals surface area contributed by atoms with Crippen molar-refractivity contribution < 1.29 is 9.90 Å². The lowest BCUT2D eigenvalue weighted by Gasteiger charge is -2.27. The molecule has 1 aromatic carbocycles. The molecule has 20 heavy (non-hydrogen) atoms. The van der Waals surface area contributed by atoms with E-state index in [1.807, 2.05) is 24.3 Å². The van der Waals surface area contributed by atoms with Crippen LogP contribution in [0.25, 0.3) is 10.9 Å². The Balaban J connectivity index is 2.09. The summed E-state index contributed by atoms with van der Waals surface area (Å²) in [7, 11) is 0. The predicted molar refractivity (Wildman–Crippen MR) is 79.2 cm³/mol. The second-order valence-corrected chi connectivity index (χ2v) is 5.77. The van der Waals surface area contributed by atoms with E-state index in [4.69, 9.17) is 0 Å². The molecule has 0 amide bonds. The summed E-state index contributed by atoms with van der Waals surface area (Å²) in [5.74, 6) is -0.990. The molecule has 2 aromatic rings. The zero-order valence-electron chi connectivity index (χ0n) is 11.5. The molecule has 0 saturated heterocycles. The number of para-hydroxylation sites is 1. The molecule has 104 valence electrons. The van der Waals surface area contributed by atoms with Gasteiger partial charge in [0.2, 0.25) is 0 Å². The van der Waals surface area contributed by atoms with Gasteiger partial charge in [0, 0.05) is 16.6 Å².